The van der Waals surface area contributed by atoms with Crippen molar-refractivity contribution in [1.82, 2.24) is 9.88 Å². The van der Waals surface area contributed by atoms with Crippen molar-refractivity contribution in [3.8, 4) is 12.3 Å². The van der Waals surface area contributed by atoms with Gasteiger partial charge in [0, 0.05) is 25.4 Å². The predicted molar refractivity (Wildman–Crippen MR) is 120 cm³/mol. The number of hydrogen-bond donors (Lipinski definition) is 0. The summed E-state index contributed by atoms with van der Waals surface area (Å²) in [6.07, 6.45) is 5.58. The SMILES string of the molecule is C#CCN(Cc1ccc(C)cc1)Cc1csc(N(C(C)=O)c2ccc(C)cc2)n1. The fourth-order valence-corrected chi connectivity index (χ4v) is 3.95. The highest BCUT2D eigenvalue weighted by atomic mass is 32.1. The molecule has 5 heteroatoms. The average Bonchev–Trinajstić information content (AvgIpc) is 3.13. The maximum atomic E-state index is 12.3. The number of terminal acetylenes is 1. The highest BCUT2D eigenvalue weighted by molar-refractivity contribution is 7.14. The second-order valence-corrected chi connectivity index (χ2v) is 7.98. The molecule has 0 saturated heterocycles. The van der Waals surface area contributed by atoms with Gasteiger partial charge in [-0.2, -0.15) is 0 Å². The van der Waals surface area contributed by atoms with Crippen molar-refractivity contribution >= 4 is 28.1 Å². The van der Waals surface area contributed by atoms with Gasteiger partial charge < -0.3 is 0 Å². The van der Waals surface area contributed by atoms with Gasteiger partial charge in [0.05, 0.1) is 17.9 Å². The van der Waals surface area contributed by atoms with Gasteiger partial charge in [0.15, 0.2) is 5.13 Å². The number of anilines is 2. The van der Waals surface area contributed by atoms with E-state index in [0.29, 0.717) is 18.2 Å². The summed E-state index contributed by atoms with van der Waals surface area (Å²) in [5.74, 6) is 2.68. The fraction of sp³-hybridized carbons (Fsp3) is 0.250. The van der Waals surface area contributed by atoms with Gasteiger partial charge in [0.25, 0.3) is 0 Å². The first-order valence-corrected chi connectivity index (χ1v) is 10.4. The topological polar surface area (TPSA) is 36.4 Å². The average molecular weight is 404 g/mol. The van der Waals surface area contributed by atoms with E-state index in [9.17, 15) is 4.79 Å². The molecule has 0 N–H and O–H groups in total. The van der Waals surface area contributed by atoms with Crippen molar-refractivity contribution in [2.75, 3.05) is 11.4 Å². The molecule has 1 heterocycles. The lowest BCUT2D eigenvalue weighted by Crippen LogP contribution is -2.24. The van der Waals surface area contributed by atoms with Crippen LogP contribution in [0.3, 0.4) is 0 Å². The minimum Gasteiger partial charge on any atom is -0.282 e. The molecule has 29 heavy (non-hydrogen) atoms. The van der Waals surface area contributed by atoms with Crippen LogP contribution in [0, 0.1) is 26.2 Å². The van der Waals surface area contributed by atoms with Crippen LogP contribution in [0.25, 0.3) is 0 Å². The number of rotatable bonds is 7. The minimum absolute atomic E-state index is 0.0603. The minimum atomic E-state index is -0.0603. The van der Waals surface area contributed by atoms with Crippen molar-refractivity contribution in [3.63, 3.8) is 0 Å². The van der Waals surface area contributed by atoms with Crippen LogP contribution in [0.1, 0.15) is 29.3 Å². The van der Waals surface area contributed by atoms with E-state index in [2.05, 4.69) is 42.0 Å². The van der Waals surface area contributed by atoms with Crippen molar-refractivity contribution in [3.05, 3.63) is 76.3 Å². The molecular weight excluding hydrogens is 378 g/mol. The maximum absolute atomic E-state index is 12.3. The van der Waals surface area contributed by atoms with Crippen molar-refractivity contribution < 1.29 is 4.79 Å². The number of carbonyl (C=O) groups excluding carboxylic acids is 1. The van der Waals surface area contributed by atoms with Gasteiger partial charge in [0.1, 0.15) is 0 Å². The summed E-state index contributed by atoms with van der Waals surface area (Å²) < 4.78 is 0. The van der Waals surface area contributed by atoms with Crippen LogP contribution in [-0.4, -0.2) is 22.3 Å². The summed E-state index contributed by atoms with van der Waals surface area (Å²) in [7, 11) is 0. The molecule has 0 aliphatic carbocycles. The second-order valence-electron chi connectivity index (χ2n) is 7.15. The molecule has 3 rings (SSSR count). The Morgan fingerprint density at radius 3 is 2.24 bits per heavy atom. The van der Waals surface area contributed by atoms with Crippen LogP contribution in [-0.2, 0) is 17.9 Å². The smallest absolute Gasteiger partial charge is 0.230 e. The predicted octanol–water partition coefficient (Wildman–Crippen LogP) is 5.08. The Labute approximate surface area is 176 Å². The van der Waals surface area contributed by atoms with Crippen molar-refractivity contribution in [2.45, 2.75) is 33.9 Å². The number of amides is 1. The number of aromatic nitrogens is 1. The molecule has 0 unspecified atom stereocenters. The number of benzene rings is 2. The van der Waals surface area contributed by atoms with E-state index in [0.717, 1.165) is 23.5 Å². The maximum Gasteiger partial charge on any atom is 0.230 e. The van der Waals surface area contributed by atoms with Crippen LogP contribution in [0.15, 0.2) is 53.9 Å². The molecule has 0 bridgehead atoms. The molecule has 1 amide bonds. The van der Waals surface area contributed by atoms with E-state index >= 15 is 0 Å². The Hall–Kier alpha value is -2.94. The van der Waals surface area contributed by atoms with Crippen molar-refractivity contribution in [1.29, 1.82) is 0 Å². The first-order valence-electron chi connectivity index (χ1n) is 9.49. The van der Waals surface area contributed by atoms with E-state index in [1.54, 1.807) is 11.8 Å². The largest absolute Gasteiger partial charge is 0.282 e. The lowest BCUT2D eigenvalue weighted by atomic mass is 10.1. The van der Waals surface area contributed by atoms with Crippen LogP contribution >= 0.6 is 11.3 Å². The van der Waals surface area contributed by atoms with Gasteiger partial charge in [0.2, 0.25) is 5.91 Å². The molecule has 0 spiro atoms. The van der Waals surface area contributed by atoms with E-state index in [1.165, 1.54) is 22.5 Å². The van der Waals surface area contributed by atoms with Gasteiger partial charge in [-0.25, -0.2) is 4.98 Å². The molecule has 148 valence electrons. The number of nitrogens with zero attached hydrogens (tertiary/aromatic N) is 3. The standard InChI is InChI=1S/C24H25N3OS/c1-5-14-26(15-21-10-6-18(2)7-11-21)16-22-17-29-24(25-22)27(20(4)28)23-12-8-19(3)9-13-23/h1,6-13,17H,14-16H2,2-4H3. The molecule has 0 atom stereocenters. The van der Waals surface area contributed by atoms with Crippen LogP contribution in [0.5, 0.6) is 0 Å². The first kappa shape index (κ1) is 20.8. The van der Waals surface area contributed by atoms with E-state index in [1.807, 2.05) is 36.6 Å². The molecule has 2 aromatic carbocycles. The van der Waals surface area contributed by atoms with E-state index < -0.39 is 0 Å². The lowest BCUT2D eigenvalue weighted by molar-refractivity contribution is -0.115. The first-order chi connectivity index (χ1) is 14.0. The fourth-order valence-electron chi connectivity index (χ4n) is 3.07. The number of thiazole rings is 1. The lowest BCUT2D eigenvalue weighted by Gasteiger charge is -2.20. The zero-order valence-electron chi connectivity index (χ0n) is 17.1. The Morgan fingerprint density at radius 1 is 1.03 bits per heavy atom. The normalized spacial score (nSPS) is 10.7. The third-order valence-electron chi connectivity index (χ3n) is 4.57. The molecular formula is C24H25N3OS. The summed E-state index contributed by atoms with van der Waals surface area (Å²) >= 11 is 1.47. The van der Waals surface area contributed by atoms with Crippen LogP contribution < -0.4 is 4.90 Å². The number of hydrogen-bond acceptors (Lipinski definition) is 4. The molecule has 0 radical (unpaired) electrons. The molecule has 3 aromatic rings. The van der Waals surface area contributed by atoms with Crippen molar-refractivity contribution in [2.24, 2.45) is 0 Å². The second kappa shape index (κ2) is 9.51. The van der Waals surface area contributed by atoms with E-state index in [4.69, 9.17) is 11.4 Å². The summed E-state index contributed by atoms with van der Waals surface area (Å²) in [6.45, 7) is 7.59. The Morgan fingerprint density at radius 2 is 1.66 bits per heavy atom. The Bertz CT molecular complexity index is 1000. The number of aryl methyl sites for hydroxylation is 2. The van der Waals surface area contributed by atoms with Gasteiger partial charge in [-0.3, -0.25) is 14.6 Å². The zero-order valence-corrected chi connectivity index (χ0v) is 17.9. The zero-order chi connectivity index (χ0) is 20.8. The molecule has 1 aromatic heterocycles. The summed E-state index contributed by atoms with van der Waals surface area (Å²) in [6, 6.07) is 16.3. The highest BCUT2D eigenvalue weighted by Crippen LogP contribution is 2.29. The van der Waals surface area contributed by atoms with Crippen LogP contribution in [0.2, 0.25) is 0 Å². The van der Waals surface area contributed by atoms with Crippen LogP contribution in [0.4, 0.5) is 10.8 Å². The molecule has 0 aliphatic rings. The monoisotopic (exact) mass is 403 g/mol. The summed E-state index contributed by atoms with van der Waals surface area (Å²) in [5.41, 5.74) is 5.33. The van der Waals surface area contributed by atoms with E-state index in [-0.39, 0.29) is 5.91 Å². The third-order valence-corrected chi connectivity index (χ3v) is 5.44. The summed E-state index contributed by atoms with van der Waals surface area (Å²) in [4.78, 5) is 20.8. The Balaban J connectivity index is 1.77. The summed E-state index contributed by atoms with van der Waals surface area (Å²) in [5, 5.41) is 2.67. The quantitative estimate of drug-likeness (QED) is 0.516. The van der Waals surface area contributed by atoms with Gasteiger partial charge in [-0.15, -0.1) is 17.8 Å². The Kier molecular flexibility index (Phi) is 6.82. The van der Waals surface area contributed by atoms with Gasteiger partial charge in [-0.1, -0.05) is 53.4 Å². The molecule has 0 saturated carbocycles. The molecule has 0 fully saturated rings. The molecule has 0 aliphatic heterocycles. The van der Waals surface area contributed by atoms with Gasteiger partial charge in [-0.05, 0) is 31.5 Å². The van der Waals surface area contributed by atoms with Gasteiger partial charge >= 0.3 is 0 Å². The number of carbonyl (C=O) groups is 1. The highest BCUT2D eigenvalue weighted by Gasteiger charge is 2.18. The molecule has 4 nitrogen and oxygen atoms in total. The third kappa shape index (κ3) is 5.54.